The van der Waals surface area contributed by atoms with Gasteiger partial charge in [0, 0.05) is 5.56 Å². The van der Waals surface area contributed by atoms with Gasteiger partial charge in [-0.05, 0) is 40.6 Å². The van der Waals surface area contributed by atoms with Crippen LogP contribution in [0.4, 0.5) is 6.01 Å². The summed E-state index contributed by atoms with van der Waals surface area (Å²) in [4.78, 5) is 12.7. The number of carbonyl (C=O) groups is 1. The lowest BCUT2D eigenvalue weighted by Crippen LogP contribution is -2.14. The maximum atomic E-state index is 12.5. The number of benzene rings is 3. The molecule has 0 fully saturated rings. The predicted octanol–water partition coefficient (Wildman–Crippen LogP) is 3.86. The number of anilines is 1. The topological polar surface area (TPSA) is 102 Å². The average Bonchev–Trinajstić information content (AvgIpc) is 3.22. The fourth-order valence-corrected chi connectivity index (χ4v) is 4.03. The fourth-order valence-electron chi connectivity index (χ4n) is 3.14. The van der Waals surface area contributed by atoms with Crippen molar-refractivity contribution in [3.8, 4) is 11.5 Å². The minimum Gasteiger partial charge on any atom is -0.403 e. The molecule has 0 aliphatic rings. The molecule has 0 radical (unpaired) electrons. The molecule has 0 atom stereocenters. The number of amides is 1. The summed E-state index contributed by atoms with van der Waals surface area (Å²) in [7, 11) is -3.28. The van der Waals surface area contributed by atoms with Gasteiger partial charge in [0.15, 0.2) is 9.84 Å². The van der Waals surface area contributed by atoms with Crippen molar-refractivity contribution in [2.75, 3.05) is 11.1 Å². The van der Waals surface area contributed by atoms with Crippen LogP contribution in [0, 0.1) is 0 Å². The molecule has 0 unspecified atom stereocenters. The van der Waals surface area contributed by atoms with E-state index in [1.807, 2.05) is 42.5 Å². The molecule has 0 aliphatic heterocycles. The van der Waals surface area contributed by atoms with Crippen LogP contribution in [0.2, 0.25) is 0 Å². The zero-order chi connectivity index (χ0) is 21.1. The van der Waals surface area contributed by atoms with Crippen molar-refractivity contribution in [1.82, 2.24) is 10.2 Å². The standard InChI is InChI=1S/C22H19N3O4S/c1-2-30(27,28)18-12-10-16(11-13-18)21-24-25-22(29-21)23-20(26)14-17-8-5-7-15-6-3-4-9-19(15)17/h3-13H,2,14H2,1H3,(H,23,25,26). The van der Waals surface area contributed by atoms with Gasteiger partial charge in [0.2, 0.25) is 11.8 Å². The maximum absolute atomic E-state index is 12.5. The van der Waals surface area contributed by atoms with Gasteiger partial charge in [-0.1, -0.05) is 54.5 Å². The van der Waals surface area contributed by atoms with E-state index in [2.05, 4.69) is 15.5 Å². The second kappa shape index (κ2) is 8.08. The fraction of sp³-hybridized carbons (Fsp3) is 0.136. The van der Waals surface area contributed by atoms with Gasteiger partial charge in [0.1, 0.15) is 0 Å². The lowest BCUT2D eigenvalue weighted by molar-refractivity contribution is -0.115. The van der Waals surface area contributed by atoms with E-state index in [0.29, 0.717) is 5.56 Å². The van der Waals surface area contributed by atoms with Crippen molar-refractivity contribution in [3.05, 3.63) is 72.3 Å². The summed E-state index contributed by atoms with van der Waals surface area (Å²) in [5, 5.41) is 12.5. The van der Waals surface area contributed by atoms with Crippen LogP contribution in [0.3, 0.4) is 0 Å². The Labute approximate surface area is 173 Å². The molecular formula is C22H19N3O4S. The Kier molecular flexibility index (Phi) is 5.33. The van der Waals surface area contributed by atoms with Crippen LogP contribution in [0.15, 0.2) is 76.0 Å². The van der Waals surface area contributed by atoms with Crippen molar-refractivity contribution < 1.29 is 17.6 Å². The summed E-state index contributed by atoms with van der Waals surface area (Å²) in [6, 6.07) is 19.9. The van der Waals surface area contributed by atoms with Crippen molar-refractivity contribution in [3.63, 3.8) is 0 Å². The Hall–Kier alpha value is -3.52. The number of nitrogens with one attached hydrogen (secondary N) is 1. The lowest BCUT2D eigenvalue weighted by Gasteiger charge is -2.05. The van der Waals surface area contributed by atoms with Crippen molar-refractivity contribution in [1.29, 1.82) is 0 Å². The first-order chi connectivity index (χ1) is 14.5. The molecule has 0 saturated carbocycles. The second-order valence-corrected chi connectivity index (χ2v) is 8.98. The van der Waals surface area contributed by atoms with E-state index in [1.165, 1.54) is 12.1 Å². The highest BCUT2D eigenvalue weighted by Crippen LogP contribution is 2.23. The first-order valence-electron chi connectivity index (χ1n) is 9.39. The van der Waals surface area contributed by atoms with Crippen LogP contribution in [0.5, 0.6) is 0 Å². The van der Waals surface area contributed by atoms with Crippen LogP contribution in [-0.4, -0.2) is 30.3 Å². The van der Waals surface area contributed by atoms with Crippen molar-refractivity contribution in [2.45, 2.75) is 18.2 Å². The number of fused-ring (bicyclic) bond motifs is 1. The molecule has 4 aromatic rings. The molecule has 0 spiro atoms. The first kappa shape index (κ1) is 19.8. The number of hydrogen-bond acceptors (Lipinski definition) is 6. The van der Waals surface area contributed by atoms with Gasteiger partial charge in [-0.2, -0.15) is 0 Å². The van der Waals surface area contributed by atoms with E-state index >= 15 is 0 Å². The minimum absolute atomic E-state index is 0.0134. The Morgan fingerprint density at radius 1 is 0.967 bits per heavy atom. The van der Waals surface area contributed by atoms with E-state index in [0.717, 1.165) is 16.3 Å². The third-order valence-electron chi connectivity index (χ3n) is 4.74. The molecule has 0 saturated heterocycles. The molecule has 4 rings (SSSR count). The molecule has 3 aromatic carbocycles. The SMILES string of the molecule is CCS(=O)(=O)c1ccc(-c2nnc(NC(=O)Cc3cccc4ccccc34)o2)cc1. The molecule has 152 valence electrons. The van der Waals surface area contributed by atoms with E-state index < -0.39 is 9.84 Å². The molecule has 0 aliphatic carbocycles. The molecule has 7 nitrogen and oxygen atoms in total. The third kappa shape index (κ3) is 4.08. The van der Waals surface area contributed by atoms with Crippen LogP contribution in [-0.2, 0) is 21.1 Å². The van der Waals surface area contributed by atoms with Crippen molar-refractivity contribution in [2.24, 2.45) is 0 Å². The summed E-state index contributed by atoms with van der Waals surface area (Å²) >= 11 is 0. The van der Waals surface area contributed by atoms with Crippen LogP contribution < -0.4 is 5.32 Å². The highest BCUT2D eigenvalue weighted by atomic mass is 32.2. The Bertz CT molecular complexity index is 1310. The summed E-state index contributed by atoms with van der Waals surface area (Å²) in [6.45, 7) is 1.59. The minimum atomic E-state index is -3.28. The Morgan fingerprint density at radius 2 is 1.70 bits per heavy atom. The van der Waals surface area contributed by atoms with Crippen molar-refractivity contribution >= 4 is 32.5 Å². The number of hydrogen-bond donors (Lipinski definition) is 1. The van der Waals surface area contributed by atoms with Gasteiger partial charge in [0.25, 0.3) is 0 Å². The van der Waals surface area contributed by atoms with Gasteiger partial charge in [-0.3, -0.25) is 10.1 Å². The first-order valence-corrected chi connectivity index (χ1v) is 11.0. The molecular weight excluding hydrogens is 402 g/mol. The Balaban J connectivity index is 1.47. The van der Waals surface area contributed by atoms with Gasteiger partial charge in [0.05, 0.1) is 17.1 Å². The lowest BCUT2D eigenvalue weighted by atomic mass is 10.0. The highest BCUT2D eigenvalue weighted by Gasteiger charge is 2.15. The van der Waals surface area contributed by atoms with Gasteiger partial charge in [-0.15, -0.1) is 5.10 Å². The van der Waals surface area contributed by atoms with E-state index in [4.69, 9.17) is 4.42 Å². The monoisotopic (exact) mass is 421 g/mol. The van der Waals surface area contributed by atoms with Crippen LogP contribution in [0.1, 0.15) is 12.5 Å². The zero-order valence-corrected chi connectivity index (χ0v) is 17.0. The number of aromatic nitrogens is 2. The zero-order valence-electron chi connectivity index (χ0n) is 16.2. The molecule has 30 heavy (non-hydrogen) atoms. The Morgan fingerprint density at radius 3 is 2.47 bits per heavy atom. The third-order valence-corrected chi connectivity index (χ3v) is 6.49. The average molecular weight is 421 g/mol. The number of carbonyl (C=O) groups excluding carboxylic acids is 1. The summed E-state index contributed by atoms with van der Waals surface area (Å²) < 4.78 is 29.3. The predicted molar refractivity (Wildman–Crippen MR) is 114 cm³/mol. The maximum Gasteiger partial charge on any atom is 0.322 e. The summed E-state index contributed by atoms with van der Waals surface area (Å²) in [6.07, 6.45) is 0.169. The van der Waals surface area contributed by atoms with Gasteiger partial charge in [-0.25, -0.2) is 8.42 Å². The van der Waals surface area contributed by atoms with Gasteiger partial charge < -0.3 is 4.42 Å². The quantitative estimate of drug-likeness (QED) is 0.507. The van der Waals surface area contributed by atoms with Gasteiger partial charge >= 0.3 is 6.01 Å². The molecule has 1 heterocycles. The number of nitrogens with zero attached hydrogens (tertiary/aromatic N) is 2. The highest BCUT2D eigenvalue weighted by molar-refractivity contribution is 7.91. The number of rotatable bonds is 6. The number of sulfone groups is 1. The normalized spacial score (nSPS) is 11.5. The summed E-state index contributed by atoms with van der Waals surface area (Å²) in [5.74, 6) is -0.0541. The van der Waals surface area contributed by atoms with E-state index in [-0.39, 0.29) is 34.9 Å². The second-order valence-electron chi connectivity index (χ2n) is 6.70. The van der Waals surface area contributed by atoms with Crippen LogP contribution in [0.25, 0.3) is 22.2 Å². The molecule has 1 aromatic heterocycles. The van der Waals surface area contributed by atoms with E-state index in [1.54, 1.807) is 19.1 Å². The molecule has 8 heteroatoms. The molecule has 0 bridgehead atoms. The van der Waals surface area contributed by atoms with E-state index in [9.17, 15) is 13.2 Å². The van der Waals surface area contributed by atoms with Crippen LogP contribution >= 0.6 is 0 Å². The molecule has 1 amide bonds. The summed E-state index contributed by atoms with van der Waals surface area (Å²) in [5.41, 5.74) is 1.46. The smallest absolute Gasteiger partial charge is 0.322 e. The largest absolute Gasteiger partial charge is 0.403 e. The molecule has 1 N–H and O–H groups in total.